The van der Waals surface area contributed by atoms with E-state index in [1.165, 1.54) is 0 Å². The Hall–Kier alpha value is -1.59. The Morgan fingerprint density at radius 3 is 2.91 bits per heavy atom. The molecule has 2 aromatic rings. The van der Waals surface area contributed by atoms with Gasteiger partial charge in [-0.1, -0.05) is 37.1 Å². The summed E-state index contributed by atoms with van der Waals surface area (Å²) >= 11 is 11.3. The summed E-state index contributed by atoms with van der Waals surface area (Å²) in [4.78, 5) is 0. The Balaban J connectivity index is 1.97. The van der Waals surface area contributed by atoms with Crippen molar-refractivity contribution < 1.29 is 0 Å². The van der Waals surface area contributed by atoms with Gasteiger partial charge in [0.05, 0.1) is 6.54 Å². The molecule has 0 atom stereocenters. The van der Waals surface area contributed by atoms with E-state index in [2.05, 4.69) is 22.7 Å². The van der Waals surface area contributed by atoms with Gasteiger partial charge in [0.1, 0.15) is 0 Å². The summed E-state index contributed by atoms with van der Waals surface area (Å²) in [7, 11) is 0. The van der Waals surface area contributed by atoms with Crippen LogP contribution in [0.2, 0.25) is 5.02 Å². The number of nitrogens with zero attached hydrogens (tertiary/aromatic N) is 2. The molecule has 0 fully saturated rings. The number of hydrogen-bond donors (Lipinski definition) is 2. The van der Waals surface area contributed by atoms with Crippen molar-refractivity contribution in [1.29, 1.82) is 0 Å². The van der Waals surface area contributed by atoms with Gasteiger partial charge in [-0.15, -0.1) is 0 Å². The molecule has 0 saturated heterocycles. The van der Waals surface area contributed by atoms with Crippen molar-refractivity contribution in [3.05, 3.63) is 46.6 Å². The summed E-state index contributed by atoms with van der Waals surface area (Å²) in [5.74, 6) is 0.758. The Kier molecular flexibility index (Phi) is 6.21. The maximum atomic E-state index is 6.02. The molecule has 1 heterocycles. The van der Waals surface area contributed by atoms with Crippen molar-refractivity contribution in [2.45, 2.75) is 33.2 Å². The second kappa shape index (κ2) is 8.15. The van der Waals surface area contributed by atoms with E-state index < -0.39 is 0 Å². The summed E-state index contributed by atoms with van der Waals surface area (Å²) in [5.41, 5.74) is 2.19. The predicted molar refractivity (Wildman–Crippen MR) is 96.6 cm³/mol. The van der Waals surface area contributed by atoms with Crippen LogP contribution in [0.25, 0.3) is 0 Å². The minimum Gasteiger partial charge on any atom is -0.362 e. The number of thiocarbonyl (C=S) groups is 1. The molecule has 22 heavy (non-hydrogen) atoms. The largest absolute Gasteiger partial charge is 0.362 e. The van der Waals surface area contributed by atoms with Gasteiger partial charge in [-0.3, -0.25) is 4.68 Å². The van der Waals surface area contributed by atoms with Crippen LogP contribution in [0.15, 0.2) is 30.3 Å². The predicted octanol–water partition coefficient (Wildman–Crippen LogP) is 3.98. The molecule has 0 spiro atoms. The summed E-state index contributed by atoms with van der Waals surface area (Å²) in [6.07, 6.45) is 2.24. The first-order chi connectivity index (χ1) is 10.6. The number of unbranched alkanes of at least 4 members (excludes halogenated alkanes) is 1. The van der Waals surface area contributed by atoms with Crippen molar-refractivity contribution >= 4 is 34.7 Å². The van der Waals surface area contributed by atoms with Crippen LogP contribution in [0, 0.1) is 6.92 Å². The summed E-state index contributed by atoms with van der Waals surface area (Å²) in [6.45, 7) is 5.74. The zero-order valence-electron chi connectivity index (χ0n) is 12.9. The van der Waals surface area contributed by atoms with Crippen LogP contribution in [-0.4, -0.2) is 21.4 Å². The van der Waals surface area contributed by atoms with E-state index in [0.29, 0.717) is 11.7 Å². The van der Waals surface area contributed by atoms with E-state index in [1.807, 2.05) is 41.9 Å². The highest BCUT2D eigenvalue weighted by atomic mass is 35.5. The lowest BCUT2D eigenvalue weighted by atomic mass is 10.2. The molecular weight excluding hydrogens is 316 g/mol. The number of nitrogens with one attached hydrogen (secondary N) is 2. The van der Waals surface area contributed by atoms with Gasteiger partial charge < -0.3 is 10.6 Å². The quantitative estimate of drug-likeness (QED) is 0.618. The number of aromatic nitrogens is 2. The van der Waals surface area contributed by atoms with Crippen LogP contribution < -0.4 is 10.6 Å². The lowest BCUT2D eigenvalue weighted by Crippen LogP contribution is -2.29. The molecule has 0 unspecified atom stereocenters. The lowest BCUT2D eigenvalue weighted by molar-refractivity contribution is 0.667. The second-order valence-corrected chi connectivity index (χ2v) is 6.04. The maximum Gasteiger partial charge on any atom is 0.171 e. The van der Waals surface area contributed by atoms with Gasteiger partial charge in [0, 0.05) is 23.3 Å². The molecule has 2 N–H and O–H groups in total. The fourth-order valence-electron chi connectivity index (χ4n) is 2.08. The molecule has 0 saturated carbocycles. The minimum atomic E-state index is 0.612. The molecule has 1 aromatic heterocycles. The van der Waals surface area contributed by atoms with E-state index in [4.69, 9.17) is 23.8 Å². The summed E-state index contributed by atoms with van der Waals surface area (Å²) < 4.78 is 1.93. The van der Waals surface area contributed by atoms with Crippen molar-refractivity contribution in [3.63, 3.8) is 0 Å². The van der Waals surface area contributed by atoms with Crippen molar-refractivity contribution in [2.75, 3.05) is 11.9 Å². The Bertz CT molecular complexity index is 639. The Morgan fingerprint density at radius 2 is 2.18 bits per heavy atom. The zero-order chi connectivity index (χ0) is 15.9. The van der Waals surface area contributed by atoms with Crippen LogP contribution in [0.1, 0.15) is 31.0 Å². The lowest BCUT2D eigenvalue weighted by Gasteiger charge is -2.07. The molecule has 0 aliphatic carbocycles. The van der Waals surface area contributed by atoms with E-state index in [9.17, 15) is 0 Å². The van der Waals surface area contributed by atoms with Gasteiger partial charge in [0.25, 0.3) is 0 Å². The summed E-state index contributed by atoms with van der Waals surface area (Å²) in [5, 5.41) is 12.2. The molecule has 1 aromatic carbocycles. The number of halogens is 1. The number of rotatable bonds is 6. The molecule has 0 bridgehead atoms. The number of benzene rings is 1. The first-order valence-corrected chi connectivity index (χ1v) is 8.21. The summed E-state index contributed by atoms with van der Waals surface area (Å²) in [6, 6.07) is 9.79. The topological polar surface area (TPSA) is 41.9 Å². The zero-order valence-corrected chi connectivity index (χ0v) is 14.5. The third-order valence-corrected chi connectivity index (χ3v) is 3.74. The van der Waals surface area contributed by atoms with Crippen LogP contribution in [0.5, 0.6) is 0 Å². The normalized spacial score (nSPS) is 10.5. The first-order valence-electron chi connectivity index (χ1n) is 7.42. The van der Waals surface area contributed by atoms with Crippen LogP contribution in [-0.2, 0) is 6.54 Å². The third kappa shape index (κ3) is 5.00. The smallest absolute Gasteiger partial charge is 0.171 e. The maximum absolute atomic E-state index is 6.02. The van der Waals surface area contributed by atoms with Gasteiger partial charge >= 0.3 is 0 Å². The third-order valence-electron chi connectivity index (χ3n) is 3.26. The molecule has 0 radical (unpaired) electrons. The minimum absolute atomic E-state index is 0.612. The average molecular weight is 337 g/mol. The molecular formula is C16H21ClN4S. The first kappa shape index (κ1) is 16.8. The molecule has 4 nitrogen and oxygen atoms in total. The second-order valence-electron chi connectivity index (χ2n) is 5.19. The standard InChI is InChI=1S/C16H21ClN4S/c1-3-4-8-18-16(22)19-15-9-12(2)21(20-15)11-13-6-5-7-14(17)10-13/h5-7,9-10H,3-4,8,11H2,1-2H3,(H2,18,19,20,22). The molecule has 0 aliphatic rings. The van der Waals surface area contributed by atoms with E-state index in [0.717, 1.165) is 41.5 Å². The highest BCUT2D eigenvalue weighted by Gasteiger charge is 2.06. The van der Waals surface area contributed by atoms with Gasteiger partial charge in [0.2, 0.25) is 0 Å². The van der Waals surface area contributed by atoms with Gasteiger partial charge in [-0.05, 0) is 43.3 Å². The Labute approximate surface area is 141 Å². The van der Waals surface area contributed by atoms with Gasteiger partial charge in [-0.2, -0.15) is 5.10 Å². The fraction of sp³-hybridized carbons (Fsp3) is 0.375. The molecule has 0 amide bonds. The SMILES string of the molecule is CCCCNC(=S)Nc1cc(C)n(Cc2cccc(Cl)c2)n1. The molecule has 118 valence electrons. The monoisotopic (exact) mass is 336 g/mol. The van der Waals surface area contributed by atoms with Crippen molar-refractivity contribution in [2.24, 2.45) is 0 Å². The van der Waals surface area contributed by atoms with Crippen LogP contribution >= 0.6 is 23.8 Å². The van der Waals surface area contributed by atoms with E-state index in [-0.39, 0.29) is 0 Å². The number of hydrogen-bond acceptors (Lipinski definition) is 2. The highest BCUT2D eigenvalue weighted by molar-refractivity contribution is 7.80. The highest BCUT2D eigenvalue weighted by Crippen LogP contribution is 2.14. The van der Waals surface area contributed by atoms with Gasteiger partial charge in [0.15, 0.2) is 10.9 Å². The fourth-order valence-corrected chi connectivity index (χ4v) is 2.50. The molecule has 6 heteroatoms. The molecule has 2 rings (SSSR count). The van der Waals surface area contributed by atoms with E-state index in [1.54, 1.807) is 0 Å². The van der Waals surface area contributed by atoms with E-state index >= 15 is 0 Å². The van der Waals surface area contributed by atoms with Crippen LogP contribution in [0.4, 0.5) is 5.82 Å². The van der Waals surface area contributed by atoms with Crippen LogP contribution in [0.3, 0.4) is 0 Å². The Morgan fingerprint density at radius 1 is 1.36 bits per heavy atom. The molecule has 0 aliphatic heterocycles. The van der Waals surface area contributed by atoms with Gasteiger partial charge in [-0.25, -0.2) is 0 Å². The van der Waals surface area contributed by atoms with Crippen molar-refractivity contribution in [3.8, 4) is 0 Å². The average Bonchev–Trinajstić information content (AvgIpc) is 2.79. The van der Waals surface area contributed by atoms with Crippen molar-refractivity contribution in [1.82, 2.24) is 15.1 Å². The number of aryl methyl sites for hydroxylation is 1. The number of anilines is 1.